The fourth-order valence-electron chi connectivity index (χ4n) is 2.02. The van der Waals surface area contributed by atoms with Gasteiger partial charge in [-0.25, -0.2) is 12.8 Å². The molecule has 1 atom stereocenters. The molecule has 1 aromatic carbocycles. The number of carbonyl (C=O) groups excluding carboxylic acids is 1. The van der Waals surface area contributed by atoms with Crippen molar-refractivity contribution in [3.63, 3.8) is 0 Å². The van der Waals surface area contributed by atoms with E-state index in [1.807, 2.05) is 0 Å². The van der Waals surface area contributed by atoms with Crippen LogP contribution in [0.4, 0.5) is 4.39 Å². The number of rotatable bonds is 3. The minimum atomic E-state index is -4.23. The summed E-state index contributed by atoms with van der Waals surface area (Å²) in [4.78, 5) is 13.0. The van der Waals surface area contributed by atoms with Crippen LogP contribution in [0.2, 0.25) is 0 Å². The smallest absolute Gasteiger partial charge is 0.264 e. The molecule has 1 heterocycles. The quantitative estimate of drug-likeness (QED) is 0.794. The third-order valence-corrected chi connectivity index (χ3v) is 4.55. The van der Waals surface area contributed by atoms with Gasteiger partial charge in [-0.05, 0) is 24.6 Å². The molecule has 0 aromatic heterocycles. The molecule has 2 rings (SSSR count). The summed E-state index contributed by atoms with van der Waals surface area (Å²) >= 11 is 0. The van der Waals surface area contributed by atoms with Crippen LogP contribution in [-0.4, -0.2) is 45.5 Å². The Morgan fingerprint density at radius 2 is 2.20 bits per heavy atom. The van der Waals surface area contributed by atoms with Crippen LogP contribution in [0.1, 0.15) is 16.8 Å². The van der Waals surface area contributed by atoms with E-state index in [0.717, 1.165) is 12.1 Å². The molecule has 8 heteroatoms. The molecule has 5 nitrogen and oxygen atoms in total. The van der Waals surface area contributed by atoms with E-state index in [2.05, 4.69) is 0 Å². The van der Waals surface area contributed by atoms with Gasteiger partial charge in [0.1, 0.15) is 10.7 Å². The number of hydrogen-bond acceptors (Lipinski definition) is 4. The number of benzene rings is 1. The molecule has 1 unspecified atom stereocenters. The van der Waals surface area contributed by atoms with E-state index in [9.17, 15) is 17.6 Å². The summed E-state index contributed by atoms with van der Waals surface area (Å²) in [7, 11) is 2.50. The summed E-state index contributed by atoms with van der Waals surface area (Å²) in [5.74, 6) is -1.38. The summed E-state index contributed by atoms with van der Waals surface area (Å²) in [6, 6.07) is 3.03. The molecule has 1 amide bonds. The third kappa shape index (κ3) is 3.11. The van der Waals surface area contributed by atoms with Gasteiger partial charge in [-0.2, -0.15) is 0 Å². The van der Waals surface area contributed by atoms with Crippen LogP contribution in [0, 0.1) is 5.82 Å². The second-order valence-corrected chi connectivity index (χ2v) is 7.05. The molecule has 0 saturated carbocycles. The predicted octanol–water partition coefficient (Wildman–Crippen LogP) is 1.61. The molecular formula is C12H13ClFNO4S. The highest BCUT2D eigenvalue weighted by Crippen LogP contribution is 2.22. The van der Waals surface area contributed by atoms with E-state index in [-0.39, 0.29) is 11.6 Å². The summed E-state index contributed by atoms with van der Waals surface area (Å²) in [5.41, 5.74) is 0.0695. The Hall–Kier alpha value is -1.18. The highest BCUT2D eigenvalue weighted by molar-refractivity contribution is 8.13. The number of amides is 1. The molecule has 0 N–H and O–H groups in total. The van der Waals surface area contributed by atoms with E-state index in [1.54, 1.807) is 7.05 Å². The first-order valence-corrected chi connectivity index (χ1v) is 8.21. The highest BCUT2D eigenvalue weighted by atomic mass is 35.7. The molecule has 1 aliphatic rings. The Morgan fingerprint density at radius 1 is 1.50 bits per heavy atom. The standard InChI is InChI=1S/C12H13ClFNO4S/c1-15(9-4-5-19-7-9)12(16)8-2-3-10(14)11(6-8)20(13,17)18/h2-3,6,9H,4-5,7H2,1H3. The van der Waals surface area contributed by atoms with Crippen LogP contribution in [0.25, 0.3) is 0 Å². The van der Waals surface area contributed by atoms with Gasteiger partial charge in [-0.3, -0.25) is 4.79 Å². The molecule has 1 fully saturated rings. The first kappa shape index (κ1) is 15.2. The summed E-state index contributed by atoms with van der Waals surface area (Å²) in [6.07, 6.45) is 0.712. The van der Waals surface area contributed by atoms with Crippen molar-refractivity contribution < 1.29 is 22.3 Å². The maximum absolute atomic E-state index is 13.4. The zero-order chi connectivity index (χ0) is 14.9. The minimum absolute atomic E-state index is 0.0661. The number of nitrogens with zero attached hydrogens (tertiary/aromatic N) is 1. The third-order valence-electron chi connectivity index (χ3n) is 3.21. The van der Waals surface area contributed by atoms with Gasteiger partial charge in [-0.15, -0.1) is 0 Å². The van der Waals surface area contributed by atoms with Crippen molar-refractivity contribution in [1.29, 1.82) is 0 Å². The Bertz CT molecular complexity index is 628. The summed E-state index contributed by atoms with van der Waals surface area (Å²) in [6.45, 7) is 1.01. The molecule has 0 aliphatic carbocycles. The van der Waals surface area contributed by atoms with Gasteiger partial charge in [0.25, 0.3) is 15.0 Å². The molecular weight excluding hydrogens is 309 g/mol. The Balaban J connectivity index is 2.31. The molecule has 0 radical (unpaired) electrons. The average Bonchev–Trinajstić information content (AvgIpc) is 2.90. The van der Waals surface area contributed by atoms with Crippen LogP contribution >= 0.6 is 10.7 Å². The summed E-state index contributed by atoms with van der Waals surface area (Å²) in [5, 5.41) is 0. The fourth-order valence-corrected chi connectivity index (χ4v) is 2.94. The van der Waals surface area contributed by atoms with Gasteiger partial charge in [0.2, 0.25) is 0 Å². The van der Waals surface area contributed by atoms with Crippen molar-refractivity contribution in [2.75, 3.05) is 20.3 Å². The van der Waals surface area contributed by atoms with Crippen molar-refractivity contribution in [3.8, 4) is 0 Å². The van der Waals surface area contributed by atoms with Gasteiger partial charge in [0.05, 0.1) is 12.6 Å². The second-order valence-electron chi connectivity index (χ2n) is 4.52. The van der Waals surface area contributed by atoms with Crippen LogP contribution in [-0.2, 0) is 13.8 Å². The zero-order valence-electron chi connectivity index (χ0n) is 10.7. The van der Waals surface area contributed by atoms with Gasteiger partial charge in [0.15, 0.2) is 0 Å². The number of hydrogen-bond donors (Lipinski definition) is 0. The lowest BCUT2D eigenvalue weighted by Gasteiger charge is -2.23. The topological polar surface area (TPSA) is 63.7 Å². The van der Waals surface area contributed by atoms with Crippen LogP contribution in [0.3, 0.4) is 0 Å². The molecule has 20 heavy (non-hydrogen) atoms. The number of halogens is 2. The lowest BCUT2D eigenvalue weighted by atomic mass is 10.1. The maximum Gasteiger partial charge on any atom is 0.264 e. The molecule has 0 spiro atoms. The van der Waals surface area contributed by atoms with Crippen molar-refractivity contribution in [3.05, 3.63) is 29.6 Å². The van der Waals surface area contributed by atoms with Gasteiger partial charge < -0.3 is 9.64 Å². The maximum atomic E-state index is 13.4. The Morgan fingerprint density at radius 3 is 2.75 bits per heavy atom. The van der Waals surface area contributed by atoms with Gasteiger partial charge in [-0.1, -0.05) is 0 Å². The van der Waals surface area contributed by atoms with Crippen LogP contribution < -0.4 is 0 Å². The first-order chi connectivity index (χ1) is 9.30. The van der Waals surface area contributed by atoms with Crippen molar-refractivity contribution in [1.82, 2.24) is 4.90 Å². The fraction of sp³-hybridized carbons (Fsp3) is 0.417. The molecule has 1 aromatic rings. The number of carbonyl (C=O) groups is 1. The second kappa shape index (κ2) is 5.67. The predicted molar refractivity (Wildman–Crippen MR) is 70.8 cm³/mol. The minimum Gasteiger partial charge on any atom is -0.379 e. The van der Waals surface area contributed by atoms with Crippen LogP contribution in [0.5, 0.6) is 0 Å². The molecule has 1 saturated heterocycles. The summed E-state index contributed by atoms with van der Waals surface area (Å²) < 4.78 is 41.1. The van der Waals surface area contributed by atoms with Gasteiger partial charge >= 0.3 is 0 Å². The van der Waals surface area contributed by atoms with E-state index in [4.69, 9.17) is 15.4 Å². The van der Waals surface area contributed by atoms with E-state index in [0.29, 0.717) is 19.6 Å². The van der Waals surface area contributed by atoms with Crippen molar-refractivity contribution in [2.24, 2.45) is 0 Å². The van der Waals surface area contributed by atoms with E-state index in [1.165, 1.54) is 11.0 Å². The lowest BCUT2D eigenvalue weighted by Crippen LogP contribution is -2.37. The Labute approximate surface area is 120 Å². The highest BCUT2D eigenvalue weighted by Gasteiger charge is 2.26. The molecule has 0 bridgehead atoms. The molecule has 1 aliphatic heterocycles. The average molecular weight is 322 g/mol. The SMILES string of the molecule is CN(C(=O)c1ccc(F)c(S(=O)(=O)Cl)c1)C1CCOC1. The van der Waals surface area contributed by atoms with E-state index >= 15 is 0 Å². The van der Waals surface area contributed by atoms with Crippen molar-refractivity contribution in [2.45, 2.75) is 17.4 Å². The largest absolute Gasteiger partial charge is 0.379 e. The number of ether oxygens (including phenoxy) is 1. The normalized spacial score (nSPS) is 19.1. The Kier molecular flexibility index (Phi) is 4.31. The molecule has 110 valence electrons. The first-order valence-electron chi connectivity index (χ1n) is 5.90. The lowest BCUT2D eigenvalue weighted by molar-refractivity contribution is 0.0711. The van der Waals surface area contributed by atoms with Crippen molar-refractivity contribution >= 4 is 25.6 Å². The monoisotopic (exact) mass is 321 g/mol. The van der Waals surface area contributed by atoms with Crippen LogP contribution in [0.15, 0.2) is 23.1 Å². The van der Waals surface area contributed by atoms with Gasteiger partial charge in [0, 0.05) is 29.9 Å². The number of likely N-dealkylation sites (N-methyl/N-ethyl adjacent to an activating group) is 1. The zero-order valence-corrected chi connectivity index (χ0v) is 12.2. The van der Waals surface area contributed by atoms with E-state index < -0.39 is 25.7 Å².